The number of carbonyl (C=O) groups excluding carboxylic acids is 1. The van der Waals surface area contributed by atoms with Crippen molar-refractivity contribution in [1.82, 2.24) is 4.31 Å². The van der Waals surface area contributed by atoms with Crippen molar-refractivity contribution in [1.29, 1.82) is 0 Å². The molecule has 1 saturated carbocycles. The van der Waals surface area contributed by atoms with Gasteiger partial charge in [0.25, 0.3) is 0 Å². The molecular formula is C17H17NO3S. The van der Waals surface area contributed by atoms with Crippen LogP contribution in [0.5, 0.6) is 0 Å². The molecule has 0 radical (unpaired) electrons. The second-order valence-electron chi connectivity index (χ2n) is 6.14. The molecule has 1 aliphatic carbocycles. The fourth-order valence-electron chi connectivity index (χ4n) is 3.35. The average molecular weight is 315 g/mol. The van der Waals surface area contributed by atoms with Crippen molar-refractivity contribution in [2.75, 3.05) is 12.3 Å². The minimum Gasteiger partial charge on any atom is -0.273 e. The van der Waals surface area contributed by atoms with Crippen LogP contribution in [0.15, 0.2) is 42.5 Å². The maximum absolute atomic E-state index is 12.4. The summed E-state index contributed by atoms with van der Waals surface area (Å²) in [6, 6.07) is 14.4. The molecule has 22 heavy (non-hydrogen) atoms. The van der Waals surface area contributed by atoms with Gasteiger partial charge in [0.2, 0.25) is 15.9 Å². The van der Waals surface area contributed by atoms with Crippen LogP contribution in [0.1, 0.15) is 24.3 Å². The smallest absolute Gasteiger partial charge is 0.239 e. The molecule has 0 spiro atoms. The highest BCUT2D eigenvalue weighted by Crippen LogP contribution is 2.49. The zero-order chi connectivity index (χ0) is 15.3. The standard InChI is InChI=1S/C17H17NO3S/c19-17(18-8-3-9-22(18,20)21)16-11-15(16)14-7-6-12-4-1-2-5-13(12)10-14/h1-2,4-7,10,15-16H,3,8-9,11H2/t15-,16+/m1/s1. The molecule has 2 atom stereocenters. The Kier molecular flexibility index (Phi) is 3.01. The summed E-state index contributed by atoms with van der Waals surface area (Å²) in [5.41, 5.74) is 1.13. The molecule has 1 amide bonds. The van der Waals surface area contributed by atoms with E-state index in [-0.39, 0.29) is 23.5 Å². The van der Waals surface area contributed by atoms with Crippen LogP contribution in [0.25, 0.3) is 10.8 Å². The van der Waals surface area contributed by atoms with Gasteiger partial charge in [-0.3, -0.25) is 4.79 Å². The van der Waals surface area contributed by atoms with E-state index in [2.05, 4.69) is 30.3 Å². The Labute approximate surface area is 129 Å². The second-order valence-corrected chi connectivity index (χ2v) is 8.15. The first-order valence-corrected chi connectivity index (χ1v) is 9.20. The summed E-state index contributed by atoms with van der Waals surface area (Å²) in [5.74, 6) is -0.121. The Morgan fingerprint density at radius 3 is 2.59 bits per heavy atom. The number of nitrogens with zero attached hydrogens (tertiary/aromatic N) is 1. The highest BCUT2D eigenvalue weighted by atomic mass is 32.2. The Morgan fingerprint density at radius 2 is 1.86 bits per heavy atom. The zero-order valence-electron chi connectivity index (χ0n) is 12.1. The molecule has 2 fully saturated rings. The summed E-state index contributed by atoms with van der Waals surface area (Å²) in [6.07, 6.45) is 1.31. The molecule has 1 heterocycles. The zero-order valence-corrected chi connectivity index (χ0v) is 12.9. The number of rotatable bonds is 2. The molecule has 2 aromatic carbocycles. The molecule has 0 aromatic heterocycles. The van der Waals surface area contributed by atoms with Gasteiger partial charge in [-0.25, -0.2) is 12.7 Å². The van der Waals surface area contributed by atoms with Gasteiger partial charge in [-0.2, -0.15) is 0 Å². The first-order valence-electron chi connectivity index (χ1n) is 7.59. The van der Waals surface area contributed by atoms with Crippen molar-refractivity contribution in [2.45, 2.75) is 18.8 Å². The Morgan fingerprint density at radius 1 is 1.09 bits per heavy atom. The first kappa shape index (κ1) is 13.8. The van der Waals surface area contributed by atoms with Crippen LogP contribution >= 0.6 is 0 Å². The van der Waals surface area contributed by atoms with Gasteiger partial charge < -0.3 is 0 Å². The lowest BCUT2D eigenvalue weighted by atomic mass is 10.0. The number of hydrogen-bond acceptors (Lipinski definition) is 3. The van der Waals surface area contributed by atoms with Gasteiger partial charge in [0, 0.05) is 12.5 Å². The van der Waals surface area contributed by atoms with Gasteiger partial charge in [-0.1, -0.05) is 42.5 Å². The average Bonchev–Trinajstić information content (AvgIpc) is 3.23. The molecule has 2 aliphatic rings. The van der Waals surface area contributed by atoms with Gasteiger partial charge in [0.1, 0.15) is 0 Å². The van der Waals surface area contributed by atoms with E-state index in [0.29, 0.717) is 13.0 Å². The third-order valence-corrected chi connectivity index (χ3v) is 6.49. The van der Waals surface area contributed by atoms with Crippen LogP contribution in [0.3, 0.4) is 0 Å². The monoisotopic (exact) mass is 315 g/mol. The largest absolute Gasteiger partial charge is 0.273 e. The molecule has 0 N–H and O–H groups in total. The predicted octanol–water partition coefficient (Wildman–Crippen LogP) is 2.51. The van der Waals surface area contributed by atoms with E-state index in [9.17, 15) is 13.2 Å². The summed E-state index contributed by atoms with van der Waals surface area (Å²) in [4.78, 5) is 12.4. The van der Waals surface area contributed by atoms with E-state index in [1.165, 1.54) is 5.39 Å². The number of hydrogen-bond donors (Lipinski definition) is 0. The second kappa shape index (κ2) is 4.81. The van der Waals surface area contributed by atoms with E-state index in [1.54, 1.807) is 0 Å². The molecule has 2 aromatic rings. The Hall–Kier alpha value is -1.88. The van der Waals surface area contributed by atoms with Crippen molar-refractivity contribution in [2.24, 2.45) is 5.92 Å². The van der Waals surface area contributed by atoms with Crippen LogP contribution in [-0.4, -0.2) is 30.9 Å². The van der Waals surface area contributed by atoms with E-state index >= 15 is 0 Å². The quantitative estimate of drug-likeness (QED) is 0.855. The highest BCUT2D eigenvalue weighted by Gasteiger charge is 2.49. The summed E-state index contributed by atoms with van der Waals surface area (Å²) in [6.45, 7) is 0.349. The Bertz CT molecular complexity index is 859. The first-order chi connectivity index (χ1) is 10.6. The van der Waals surface area contributed by atoms with Gasteiger partial charge >= 0.3 is 0 Å². The van der Waals surface area contributed by atoms with Crippen molar-refractivity contribution in [3.8, 4) is 0 Å². The minimum atomic E-state index is -3.35. The van der Waals surface area contributed by atoms with Crippen molar-refractivity contribution in [3.05, 3.63) is 48.0 Å². The third kappa shape index (κ3) is 2.20. The van der Waals surface area contributed by atoms with Gasteiger partial charge in [0.05, 0.1) is 5.75 Å². The number of benzene rings is 2. The Balaban J connectivity index is 1.57. The summed E-state index contributed by atoms with van der Waals surface area (Å²) >= 11 is 0. The summed E-state index contributed by atoms with van der Waals surface area (Å²) in [5, 5.41) is 2.34. The van der Waals surface area contributed by atoms with Gasteiger partial charge in [0.15, 0.2) is 0 Å². The van der Waals surface area contributed by atoms with Crippen LogP contribution < -0.4 is 0 Å². The molecule has 4 rings (SSSR count). The molecule has 1 aliphatic heterocycles. The molecule has 4 nitrogen and oxygen atoms in total. The SMILES string of the molecule is O=C([C@H]1C[C@@H]1c1ccc2ccccc2c1)N1CCCS1(=O)=O. The number of sulfonamides is 1. The lowest BCUT2D eigenvalue weighted by molar-refractivity contribution is -0.127. The third-order valence-electron chi connectivity index (χ3n) is 4.65. The number of carbonyl (C=O) groups is 1. The summed E-state index contributed by atoms with van der Waals surface area (Å²) < 4.78 is 24.8. The fraction of sp³-hybridized carbons (Fsp3) is 0.353. The number of amides is 1. The highest BCUT2D eigenvalue weighted by molar-refractivity contribution is 7.89. The molecular weight excluding hydrogens is 298 g/mol. The van der Waals surface area contributed by atoms with E-state index in [4.69, 9.17) is 0 Å². The lowest BCUT2D eigenvalue weighted by Crippen LogP contribution is -2.34. The van der Waals surface area contributed by atoms with Crippen molar-refractivity contribution in [3.63, 3.8) is 0 Å². The normalized spacial score (nSPS) is 26.3. The predicted molar refractivity (Wildman–Crippen MR) is 84.9 cm³/mol. The molecule has 5 heteroatoms. The van der Waals surface area contributed by atoms with Gasteiger partial charge in [-0.15, -0.1) is 0 Å². The lowest BCUT2D eigenvalue weighted by Gasteiger charge is -2.14. The fourth-order valence-corrected chi connectivity index (χ4v) is 4.88. The minimum absolute atomic E-state index is 0.103. The molecule has 0 unspecified atom stereocenters. The van der Waals surface area contributed by atoms with Crippen LogP contribution in [0.2, 0.25) is 0 Å². The molecule has 0 bridgehead atoms. The van der Waals surface area contributed by atoms with E-state index in [1.807, 2.05) is 12.1 Å². The van der Waals surface area contributed by atoms with E-state index < -0.39 is 10.0 Å². The molecule has 114 valence electrons. The van der Waals surface area contributed by atoms with Crippen LogP contribution in [0.4, 0.5) is 0 Å². The van der Waals surface area contributed by atoms with Gasteiger partial charge in [-0.05, 0) is 35.1 Å². The summed E-state index contributed by atoms with van der Waals surface area (Å²) in [7, 11) is -3.35. The van der Waals surface area contributed by atoms with Crippen LogP contribution in [0, 0.1) is 5.92 Å². The van der Waals surface area contributed by atoms with Crippen molar-refractivity contribution < 1.29 is 13.2 Å². The maximum Gasteiger partial charge on any atom is 0.239 e. The topological polar surface area (TPSA) is 54.5 Å². The van der Waals surface area contributed by atoms with Crippen molar-refractivity contribution >= 4 is 26.7 Å². The number of fused-ring (bicyclic) bond motifs is 1. The van der Waals surface area contributed by atoms with E-state index in [0.717, 1.165) is 21.7 Å². The molecule has 1 saturated heterocycles. The van der Waals surface area contributed by atoms with Crippen LogP contribution in [-0.2, 0) is 14.8 Å². The maximum atomic E-state index is 12.4.